The number of ether oxygens (including phenoxy) is 1. The lowest BCUT2D eigenvalue weighted by Crippen LogP contribution is -2.14. The van der Waals surface area contributed by atoms with Gasteiger partial charge in [-0.2, -0.15) is 0 Å². The van der Waals surface area contributed by atoms with Crippen LogP contribution < -0.4 is 0 Å². The van der Waals surface area contributed by atoms with Crippen molar-refractivity contribution in [3.8, 4) is 0 Å². The summed E-state index contributed by atoms with van der Waals surface area (Å²) in [6, 6.07) is 0. The molecule has 9 heavy (non-hydrogen) atoms. The third-order valence-electron chi connectivity index (χ3n) is 1.85. The number of halogens is 1. The third kappa shape index (κ3) is 1.65. The lowest BCUT2D eigenvalue weighted by Gasteiger charge is -2.07. The normalized spacial score (nSPS) is 36.3. The Labute approximate surface area is 55.2 Å². The summed E-state index contributed by atoms with van der Waals surface area (Å²) in [7, 11) is 0. The zero-order valence-corrected chi connectivity index (χ0v) is 5.98. The molecule has 1 nitrogen and oxygen atoms in total. The van der Waals surface area contributed by atoms with E-state index < -0.39 is 6.17 Å². The molecule has 1 heterocycles. The highest BCUT2D eigenvalue weighted by Crippen LogP contribution is 2.35. The van der Waals surface area contributed by atoms with Gasteiger partial charge in [0.15, 0.2) is 0 Å². The van der Waals surface area contributed by atoms with Gasteiger partial charge < -0.3 is 4.74 Å². The zero-order chi connectivity index (χ0) is 6.91. The number of epoxide rings is 1. The van der Waals surface area contributed by atoms with E-state index in [4.69, 9.17) is 4.74 Å². The van der Waals surface area contributed by atoms with Gasteiger partial charge in [-0.25, -0.2) is 4.39 Å². The highest BCUT2D eigenvalue weighted by Gasteiger charge is 2.43. The van der Waals surface area contributed by atoms with Gasteiger partial charge in [0.05, 0.1) is 12.2 Å². The molecule has 1 saturated heterocycles. The molecular formula is C7H13FO. The van der Waals surface area contributed by atoms with Crippen LogP contribution in [0.3, 0.4) is 0 Å². The summed E-state index contributed by atoms with van der Waals surface area (Å²) >= 11 is 0. The summed E-state index contributed by atoms with van der Waals surface area (Å²) < 4.78 is 17.5. The summed E-state index contributed by atoms with van der Waals surface area (Å²) in [6.07, 6.45) is 0.803. The Morgan fingerprint density at radius 1 is 1.78 bits per heavy atom. The van der Waals surface area contributed by atoms with Crippen LogP contribution in [0.5, 0.6) is 0 Å². The second kappa shape index (κ2) is 2.25. The Kier molecular flexibility index (Phi) is 1.75. The van der Waals surface area contributed by atoms with Crippen molar-refractivity contribution in [3.05, 3.63) is 0 Å². The molecule has 2 unspecified atom stereocenters. The molecule has 0 spiro atoms. The molecule has 0 amide bonds. The fourth-order valence-corrected chi connectivity index (χ4v) is 1.08. The summed E-state index contributed by atoms with van der Waals surface area (Å²) in [5.41, 5.74) is -0.0613. The van der Waals surface area contributed by atoms with Crippen LogP contribution in [-0.4, -0.2) is 18.4 Å². The summed E-state index contributed by atoms with van der Waals surface area (Å²) in [5, 5.41) is 0. The van der Waals surface area contributed by atoms with Crippen LogP contribution in [0.15, 0.2) is 0 Å². The smallest absolute Gasteiger partial charge is 0.100 e. The van der Waals surface area contributed by atoms with Gasteiger partial charge in [-0.05, 0) is 13.3 Å². The first-order chi connectivity index (χ1) is 4.18. The molecule has 0 radical (unpaired) electrons. The molecule has 0 aliphatic carbocycles. The van der Waals surface area contributed by atoms with Gasteiger partial charge >= 0.3 is 0 Å². The van der Waals surface area contributed by atoms with Gasteiger partial charge in [0, 0.05) is 6.42 Å². The van der Waals surface area contributed by atoms with Gasteiger partial charge in [0.2, 0.25) is 0 Å². The molecule has 0 aromatic carbocycles. The lowest BCUT2D eigenvalue weighted by atomic mass is 10.0. The minimum Gasteiger partial charge on any atom is -0.369 e. The Morgan fingerprint density at radius 2 is 2.33 bits per heavy atom. The molecule has 54 valence electrons. The molecule has 1 fully saturated rings. The summed E-state index contributed by atoms with van der Waals surface area (Å²) in [6.45, 7) is 4.38. The molecule has 0 aromatic rings. The second-order valence-corrected chi connectivity index (χ2v) is 2.81. The fraction of sp³-hybridized carbons (Fsp3) is 1.00. The van der Waals surface area contributed by atoms with Gasteiger partial charge in [0.25, 0.3) is 0 Å². The van der Waals surface area contributed by atoms with E-state index in [0.29, 0.717) is 6.42 Å². The van der Waals surface area contributed by atoms with Crippen LogP contribution in [0.2, 0.25) is 0 Å². The van der Waals surface area contributed by atoms with Crippen LogP contribution in [0.25, 0.3) is 0 Å². The van der Waals surface area contributed by atoms with Crippen molar-refractivity contribution in [2.24, 2.45) is 0 Å². The molecule has 0 bridgehead atoms. The second-order valence-electron chi connectivity index (χ2n) is 2.81. The lowest BCUT2D eigenvalue weighted by molar-refractivity contribution is 0.218. The average molecular weight is 132 g/mol. The van der Waals surface area contributed by atoms with Crippen LogP contribution in [0, 0.1) is 0 Å². The monoisotopic (exact) mass is 132 g/mol. The quantitative estimate of drug-likeness (QED) is 0.534. The number of rotatable bonds is 3. The Morgan fingerprint density at radius 3 is 2.44 bits per heavy atom. The predicted octanol–water partition coefficient (Wildman–Crippen LogP) is 1.91. The van der Waals surface area contributed by atoms with Crippen molar-refractivity contribution < 1.29 is 9.13 Å². The van der Waals surface area contributed by atoms with Crippen LogP contribution >= 0.6 is 0 Å². The van der Waals surface area contributed by atoms with Gasteiger partial charge in [-0.1, -0.05) is 6.92 Å². The fourth-order valence-electron chi connectivity index (χ4n) is 1.08. The number of hydrogen-bond donors (Lipinski definition) is 0. The predicted molar refractivity (Wildman–Crippen MR) is 34.2 cm³/mol. The first-order valence-electron chi connectivity index (χ1n) is 3.46. The Balaban J connectivity index is 2.25. The highest BCUT2D eigenvalue weighted by atomic mass is 19.1. The molecule has 0 aromatic heterocycles. The van der Waals surface area contributed by atoms with Crippen molar-refractivity contribution in [1.82, 2.24) is 0 Å². The van der Waals surface area contributed by atoms with Crippen LogP contribution in [0.4, 0.5) is 4.39 Å². The highest BCUT2D eigenvalue weighted by molar-refractivity contribution is 4.91. The van der Waals surface area contributed by atoms with Crippen molar-refractivity contribution in [2.45, 2.75) is 38.5 Å². The van der Waals surface area contributed by atoms with E-state index in [0.717, 1.165) is 13.0 Å². The topological polar surface area (TPSA) is 12.5 Å². The molecule has 1 aliphatic rings. The minimum absolute atomic E-state index is 0.0613. The first kappa shape index (κ1) is 7.00. The van der Waals surface area contributed by atoms with E-state index >= 15 is 0 Å². The van der Waals surface area contributed by atoms with E-state index in [1.165, 1.54) is 0 Å². The molecule has 0 N–H and O–H groups in total. The Bertz CT molecular complexity index is 97.1. The molecule has 2 atom stereocenters. The molecule has 1 rings (SSSR count). The van der Waals surface area contributed by atoms with Gasteiger partial charge in [-0.3, -0.25) is 0 Å². The molecule has 0 saturated carbocycles. The number of hydrogen-bond acceptors (Lipinski definition) is 1. The van der Waals surface area contributed by atoms with Crippen LogP contribution in [-0.2, 0) is 4.74 Å². The van der Waals surface area contributed by atoms with E-state index in [1.54, 1.807) is 6.92 Å². The maximum Gasteiger partial charge on any atom is 0.100 e. The van der Waals surface area contributed by atoms with Crippen molar-refractivity contribution in [1.29, 1.82) is 0 Å². The van der Waals surface area contributed by atoms with Gasteiger partial charge in [0.1, 0.15) is 6.17 Å². The largest absolute Gasteiger partial charge is 0.369 e. The molecular weight excluding hydrogens is 119 g/mol. The van der Waals surface area contributed by atoms with Crippen LogP contribution in [0.1, 0.15) is 26.7 Å². The van der Waals surface area contributed by atoms with Crippen molar-refractivity contribution in [2.75, 3.05) is 6.61 Å². The SMILES string of the molecule is CCC1(CC(C)F)CO1. The maximum atomic E-state index is 12.3. The van der Waals surface area contributed by atoms with E-state index in [9.17, 15) is 4.39 Å². The number of alkyl halides is 1. The molecule has 1 aliphatic heterocycles. The maximum absolute atomic E-state index is 12.3. The van der Waals surface area contributed by atoms with E-state index in [-0.39, 0.29) is 5.60 Å². The van der Waals surface area contributed by atoms with E-state index in [2.05, 4.69) is 0 Å². The van der Waals surface area contributed by atoms with E-state index in [1.807, 2.05) is 6.92 Å². The van der Waals surface area contributed by atoms with Crippen molar-refractivity contribution >= 4 is 0 Å². The van der Waals surface area contributed by atoms with Gasteiger partial charge in [-0.15, -0.1) is 0 Å². The molecule has 2 heteroatoms. The standard InChI is InChI=1S/C7H13FO/c1-3-7(5-9-7)4-6(2)8/h6H,3-5H2,1-2H3. The average Bonchev–Trinajstić information content (AvgIpc) is 2.48. The summed E-state index contributed by atoms with van der Waals surface area (Å²) in [5.74, 6) is 0. The summed E-state index contributed by atoms with van der Waals surface area (Å²) in [4.78, 5) is 0. The first-order valence-corrected chi connectivity index (χ1v) is 3.46. The zero-order valence-electron chi connectivity index (χ0n) is 5.98. The van der Waals surface area contributed by atoms with Crippen molar-refractivity contribution in [3.63, 3.8) is 0 Å². The third-order valence-corrected chi connectivity index (χ3v) is 1.85. The Hall–Kier alpha value is -0.110. The minimum atomic E-state index is -0.715.